The molecule has 1 aliphatic carbocycles. The van der Waals surface area contributed by atoms with Gasteiger partial charge in [0, 0.05) is 25.1 Å². The molecule has 5 nitrogen and oxygen atoms in total. The van der Waals surface area contributed by atoms with Crippen LogP contribution in [-0.2, 0) is 20.8 Å². The molecule has 3 aliphatic rings. The first-order valence-electron chi connectivity index (χ1n) is 9.44. The van der Waals surface area contributed by atoms with Gasteiger partial charge in [-0.3, -0.25) is 4.79 Å². The average molecular weight is 365 g/mol. The highest BCUT2D eigenvalue weighted by Crippen LogP contribution is 2.56. The minimum Gasteiger partial charge on any atom is -0.381 e. The molecule has 6 heteroatoms. The zero-order valence-electron chi connectivity index (χ0n) is 14.7. The summed E-state index contributed by atoms with van der Waals surface area (Å²) in [6, 6.07) is 2.51. The third-order valence-electron chi connectivity index (χ3n) is 5.98. The summed E-state index contributed by atoms with van der Waals surface area (Å²) in [5.74, 6) is 0.598. The number of carbonyl (C=O) groups is 1. The summed E-state index contributed by atoms with van der Waals surface area (Å²) in [6.07, 6.45) is 4.57. The maximum Gasteiger partial charge on any atom is 0.249 e. The van der Waals surface area contributed by atoms with Gasteiger partial charge in [-0.1, -0.05) is 0 Å². The zero-order valence-corrected chi connectivity index (χ0v) is 15.6. The summed E-state index contributed by atoms with van der Waals surface area (Å²) in [7, 11) is 0. The lowest BCUT2D eigenvalue weighted by Gasteiger charge is -2.29. The van der Waals surface area contributed by atoms with Gasteiger partial charge in [-0.15, -0.1) is 0 Å². The summed E-state index contributed by atoms with van der Waals surface area (Å²) in [5, 5.41) is 7.67. The van der Waals surface area contributed by atoms with E-state index in [1.807, 2.05) is 0 Å². The van der Waals surface area contributed by atoms with E-state index in [1.54, 1.807) is 11.3 Å². The van der Waals surface area contributed by atoms with E-state index < -0.39 is 0 Å². The number of nitrogens with zero attached hydrogens (tertiary/aromatic N) is 1. The quantitative estimate of drug-likeness (QED) is 0.806. The van der Waals surface area contributed by atoms with Crippen LogP contribution in [0.3, 0.4) is 0 Å². The zero-order chi connectivity index (χ0) is 17.1. The predicted octanol–water partition coefficient (Wildman–Crippen LogP) is 2.27. The lowest BCUT2D eigenvalue weighted by molar-refractivity contribution is -0.138. The van der Waals surface area contributed by atoms with Gasteiger partial charge in [-0.05, 0) is 66.6 Å². The Bertz CT molecular complexity index is 565. The molecule has 1 amide bonds. The third-order valence-corrected chi connectivity index (χ3v) is 6.71. The Morgan fingerprint density at radius 2 is 2.32 bits per heavy atom. The van der Waals surface area contributed by atoms with Crippen LogP contribution in [0, 0.1) is 11.3 Å². The van der Waals surface area contributed by atoms with Gasteiger partial charge in [-0.25, -0.2) is 0 Å². The number of hydrogen-bond acceptors (Lipinski definition) is 5. The van der Waals surface area contributed by atoms with Crippen molar-refractivity contribution in [3.8, 4) is 0 Å². The van der Waals surface area contributed by atoms with Crippen LogP contribution in [0.25, 0.3) is 0 Å². The first-order chi connectivity index (χ1) is 12.3. The van der Waals surface area contributed by atoms with Crippen molar-refractivity contribution in [2.75, 3.05) is 39.5 Å². The van der Waals surface area contributed by atoms with Crippen LogP contribution in [0.1, 0.15) is 31.2 Å². The van der Waals surface area contributed by atoms with Crippen LogP contribution in [0.4, 0.5) is 0 Å². The highest BCUT2D eigenvalue weighted by atomic mass is 32.1. The Kier molecular flexibility index (Phi) is 5.41. The van der Waals surface area contributed by atoms with Crippen molar-refractivity contribution in [3.63, 3.8) is 0 Å². The molecule has 0 unspecified atom stereocenters. The number of piperidine rings is 1. The first kappa shape index (κ1) is 17.5. The molecule has 1 N–H and O–H groups in total. The SMILES string of the molecule is O=C(COC[C@H]1CCOC1)N(Cc1ccsc1)[C@@H]1CC12CCNCC2. The van der Waals surface area contributed by atoms with Crippen LogP contribution >= 0.6 is 11.3 Å². The van der Waals surface area contributed by atoms with Gasteiger partial charge in [-0.2, -0.15) is 11.3 Å². The van der Waals surface area contributed by atoms with Crippen molar-refractivity contribution < 1.29 is 14.3 Å². The molecule has 1 spiro atoms. The molecule has 3 fully saturated rings. The molecule has 2 saturated heterocycles. The molecular weight excluding hydrogens is 336 g/mol. The molecule has 3 heterocycles. The van der Waals surface area contributed by atoms with Crippen LogP contribution in [-0.4, -0.2) is 56.4 Å². The lowest BCUT2D eigenvalue weighted by Crippen LogP contribution is -2.40. The van der Waals surface area contributed by atoms with Gasteiger partial charge in [0.2, 0.25) is 5.91 Å². The number of ether oxygens (including phenoxy) is 2. The second kappa shape index (κ2) is 7.74. The summed E-state index contributed by atoms with van der Waals surface area (Å²) in [4.78, 5) is 15.0. The van der Waals surface area contributed by atoms with Gasteiger partial charge in [0.15, 0.2) is 0 Å². The Balaban J connectivity index is 1.35. The van der Waals surface area contributed by atoms with Gasteiger partial charge in [0.1, 0.15) is 6.61 Å². The largest absolute Gasteiger partial charge is 0.381 e. The fourth-order valence-electron chi connectivity index (χ4n) is 4.29. The molecule has 0 aromatic carbocycles. The van der Waals surface area contributed by atoms with E-state index in [0.29, 0.717) is 24.0 Å². The maximum absolute atomic E-state index is 12.9. The molecule has 138 valence electrons. The molecular formula is C19H28N2O3S. The van der Waals surface area contributed by atoms with E-state index >= 15 is 0 Å². The monoisotopic (exact) mass is 364 g/mol. The molecule has 1 aromatic heterocycles. The number of hydrogen-bond donors (Lipinski definition) is 1. The van der Waals surface area contributed by atoms with Crippen LogP contribution in [0.5, 0.6) is 0 Å². The fraction of sp³-hybridized carbons (Fsp3) is 0.737. The number of carbonyl (C=O) groups excluding carboxylic acids is 1. The van der Waals surface area contributed by atoms with Crippen molar-refractivity contribution in [3.05, 3.63) is 22.4 Å². The number of rotatable bonds is 7. The predicted molar refractivity (Wildman–Crippen MR) is 97.6 cm³/mol. The number of amides is 1. The maximum atomic E-state index is 12.9. The minimum atomic E-state index is 0.144. The molecule has 25 heavy (non-hydrogen) atoms. The van der Waals surface area contributed by atoms with Gasteiger partial charge in [0.25, 0.3) is 0 Å². The van der Waals surface area contributed by atoms with Crippen LogP contribution < -0.4 is 5.32 Å². The van der Waals surface area contributed by atoms with Crippen molar-refractivity contribution in [2.24, 2.45) is 11.3 Å². The van der Waals surface area contributed by atoms with E-state index in [1.165, 1.54) is 18.4 Å². The summed E-state index contributed by atoms with van der Waals surface area (Å²) in [6.45, 7) is 5.31. The van der Waals surface area contributed by atoms with E-state index in [4.69, 9.17) is 9.47 Å². The molecule has 1 saturated carbocycles. The van der Waals surface area contributed by atoms with Crippen LogP contribution in [0.15, 0.2) is 16.8 Å². The molecule has 2 aliphatic heterocycles. The van der Waals surface area contributed by atoms with Crippen LogP contribution in [0.2, 0.25) is 0 Å². The van der Waals surface area contributed by atoms with Crippen molar-refractivity contribution in [1.82, 2.24) is 10.2 Å². The molecule has 1 aromatic rings. The number of nitrogens with one attached hydrogen (secondary N) is 1. The molecule has 4 rings (SSSR count). The standard InChI is InChI=1S/C19H28N2O3S/c22-18(13-24-12-16-1-7-23-11-16)21(10-15-2-8-25-14-15)17-9-19(17)3-5-20-6-4-19/h2,8,14,16-17,20H,1,3-7,9-13H2/t16-,17+/m0/s1. The Morgan fingerprint density at radius 3 is 3.04 bits per heavy atom. The second-order valence-electron chi connectivity index (χ2n) is 7.73. The van der Waals surface area contributed by atoms with E-state index in [0.717, 1.165) is 45.7 Å². The summed E-state index contributed by atoms with van der Waals surface area (Å²) in [5.41, 5.74) is 1.59. The topological polar surface area (TPSA) is 50.8 Å². The molecule has 0 bridgehead atoms. The minimum absolute atomic E-state index is 0.144. The fourth-order valence-corrected chi connectivity index (χ4v) is 4.95. The van der Waals surface area contributed by atoms with Crippen molar-refractivity contribution >= 4 is 17.2 Å². The molecule has 2 atom stereocenters. The number of thiophene rings is 1. The van der Waals surface area contributed by atoms with E-state index in [2.05, 4.69) is 27.0 Å². The highest BCUT2D eigenvalue weighted by molar-refractivity contribution is 7.07. The van der Waals surface area contributed by atoms with Gasteiger partial charge < -0.3 is 19.7 Å². The smallest absolute Gasteiger partial charge is 0.249 e. The van der Waals surface area contributed by atoms with E-state index in [9.17, 15) is 4.79 Å². The lowest BCUT2D eigenvalue weighted by atomic mass is 9.93. The Morgan fingerprint density at radius 1 is 1.44 bits per heavy atom. The normalized spacial score (nSPS) is 27.5. The molecule has 0 radical (unpaired) electrons. The Labute approximate surface area is 153 Å². The second-order valence-corrected chi connectivity index (χ2v) is 8.51. The van der Waals surface area contributed by atoms with Gasteiger partial charge >= 0.3 is 0 Å². The van der Waals surface area contributed by atoms with Gasteiger partial charge in [0.05, 0.1) is 13.2 Å². The summed E-state index contributed by atoms with van der Waals surface area (Å²) < 4.78 is 11.1. The van der Waals surface area contributed by atoms with Crippen molar-refractivity contribution in [2.45, 2.75) is 38.3 Å². The van der Waals surface area contributed by atoms with Crippen molar-refractivity contribution in [1.29, 1.82) is 0 Å². The highest BCUT2D eigenvalue weighted by Gasteiger charge is 2.57. The summed E-state index contributed by atoms with van der Waals surface area (Å²) >= 11 is 1.69. The third kappa shape index (κ3) is 4.08. The first-order valence-corrected chi connectivity index (χ1v) is 10.4. The van der Waals surface area contributed by atoms with E-state index in [-0.39, 0.29) is 12.5 Å². The Hall–Kier alpha value is -0.950. The average Bonchev–Trinajstić information content (AvgIpc) is 3.07.